The fourth-order valence-corrected chi connectivity index (χ4v) is 3.63. The van der Waals surface area contributed by atoms with Crippen LogP contribution < -0.4 is 14.8 Å². The highest BCUT2D eigenvalue weighted by molar-refractivity contribution is 6.32. The van der Waals surface area contributed by atoms with Crippen molar-refractivity contribution in [1.29, 1.82) is 0 Å². The maximum Gasteiger partial charge on any atom is 0.180 e. The highest BCUT2D eigenvalue weighted by Crippen LogP contribution is 2.38. The second-order valence-electron chi connectivity index (χ2n) is 6.52. The molecule has 0 aliphatic heterocycles. The van der Waals surface area contributed by atoms with Crippen LogP contribution in [0.25, 0.3) is 0 Å². The van der Waals surface area contributed by atoms with E-state index in [2.05, 4.69) is 5.32 Å². The van der Waals surface area contributed by atoms with Crippen molar-refractivity contribution < 1.29 is 13.9 Å². The van der Waals surface area contributed by atoms with Crippen molar-refractivity contribution in [2.45, 2.75) is 26.6 Å². The molecule has 3 aromatic rings. The minimum Gasteiger partial charge on any atom is -0.490 e. The molecular formula is C23H21Cl3FNO2. The lowest BCUT2D eigenvalue weighted by Gasteiger charge is -2.16. The van der Waals surface area contributed by atoms with Crippen LogP contribution in [-0.4, -0.2) is 6.61 Å². The smallest absolute Gasteiger partial charge is 0.180 e. The van der Waals surface area contributed by atoms with Gasteiger partial charge in [-0.3, -0.25) is 0 Å². The van der Waals surface area contributed by atoms with Crippen molar-refractivity contribution in [1.82, 2.24) is 5.32 Å². The topological polar surface area (TPSA) is 30.5 Å². The Balaban J connectivity index is 1.72. The first-order valence-electron chi connectivity index (χ1n) is 9.44. The van der Waals surface area contributed by atoms with E-state index in [0.29, 0.717) is 46.3 Å². The van der Waals surface area contributed by atoms with E-state index in [-0.39, 0.29) is 12.2 Å². The number of benzene rings is 3. The second kappa shape index (κ2) is 10.9. The molecule has 0 aliphatic carbocycles. The van der Waals surface area contributed by atoms with Gasteiger partial charge < -0.3 is 14.8 Å². The molecule has 0 aliphatic rings. The molecule has 0 amide bonds. The maximum atomic E-state index is 14.0. The molecule has 3 rings (SSSR count). The lowest BCUT2D eigenvalue weighted by atomic mass is 10.1. The van der Waals surface area contributed by atoms with Crippen LogP contribution in [0.5, 0.6) is 11.5 Å². The van der Waals surface area contributed by atoms with Crippen LogP contribution in [0.4, 0.5) is 4.39 Å². The Labute approximate surface area is 190 Å². The van der Waals surface area contributed by atoms with E-state index < -0.39 is 5.82 Å². The standard InChI is InChI=1S/C23H21Cl3FNO2/c1-2-29-22-11-15(12-28-13-16-6-3-4-7-18(16)24)10-20(26)23(22)30-14-17-19(25)8-5-9-21(17)27/h3-11,28H,2,12-14H2,1H3. The Bertz CT molecular complexity index is 993. The number of ether oxygens (including phenoxy) is 2. The van der Waals surface area contributed by atoms with Crippen molar-refractivity contribution in [3.8, 4) is 11.5 Å². The lowest BCUT2D eigenvalue weighted by Crippen LogP contribution is -2.13. The number of hydrogen-bond acceptors (Lipinski definition) is 3. The molecule has 30 heavy (non-hydrogen) atoms. The summed E-state index contributed by atoms with van der Waals surface area (Å²) < 4.78 is 25.5. The van der Waals surface area contributed by atoms with Crippen molar-refractivity contribution in [3.63, 3.8) is 0 Å². The van der Waals surface area contributed by atoms with Crippen LogP contribution in [0.15, 0.2) is 54.6 Å². The van der Waals surface area contributed by atoms with Gasteiger partial charge >= 0.3 is 0 Å². The number of halogens is 4. The number of nitrogens with one attached hydrogen (secondary N) is 1. The Kier molecular flexibility index (Phi) is 8.23. The molecule has 0 spiro atoms. The van der Waals surface area contributed by atoms with E-state index >= 15 is 0 Å². The van der Waals surface area contributed by atoms with Gasteiger partial charge in [-0.1, -0.05) is 59.1 Å². The van der Waals surface area contributed by atoms with Gasteiger partial charge in [0.25, 0.3) is 0 Å². The van der Waals surface area contributed by atoms with Crippen molar-refractivity contribution in [2.24, 2.45) is 0 Å². The third kappa shape index (κ3) is 5.79. The molecule has 0 radical (unpaired) electrons. The summed E-state index contributed by atoms with van der Waals surface area (Å²) in [5.74, 6) is 0.414. The van der Waals surface area contributed by atoms with Crippen LogP contribution in [0.3, 0.4) is 0 Å². The summed E-state index contributed by atoms with van der Waals surface area (Å²) >= 11 is 18.7. The van der Waals surface area contributed by atoms with Crippen LogP contribution in [0, 0.1) is 5.82 Å². The van der Waals surface area contributed by atoms with E-state index in [1.165, 1.54) is 6.07 Å². The van der Waals surface area contributed by atoms with Crippen LogP contribution in [0.2, 0.25) is 15.1 Å². The second-order valence-corrected chi connectivity index (χ2v) is 7.74. The summed E-state index contributed by atoms with van der Waals surface area (Å²) in [6.07, 6.45) is 0. The minimum atomic E-state index is -0.433. The highest BCUT2D eigenvalue weighted by Gasteiger charge is 2.15. The van der Waals surface area contributed by atoms with Crippen LogP contribution in [0.1, 0.15) is 23.6 Å². The SMILES string of the molecule is CCOc1cc(CNCc2ccccc2Cl)cc(Cl)c1OCc1c(F)cccc1Cl. The quantitative estimate of drug-likeness (QED) is 0.365. The summed E-state index contributed by atoms with van der Waals surface area (Å²) in [6.45, 7) is 3.42. The summed E-state index contributed by atoms with van der Waals surface area (Å²) in [4.78, 5) is 0. The maximum absolute atomic E-state index is 14.0. The van der Waals surface area contributed by atoms with E-state index in [0.717, 1.165) is 11.1 Å². The zero-order chi connectivity index (χ0) is 21.5. The predicted molar refractivity (Wildman–Crippen MR) is 120 cm³/mol. The fourth-order valence-electron chi connectivity index (χ4n) is 2.92. The average molecular weight is 469 g/mol. The van der Waals surface area contributed by atoms with Gasteiger partial charge in [0.1, 0.15) is 12.4 Å². The van der Waals surface area contributed by atoms with Crippen LogP contribution >= 0.6 is 34.8 Å². The molecular weight excluding hydrogens is 448 g/mol. The summed E-state index contributed by atoms with van der Waals surface area (Å²) in [7, 11) is 0. The summed E-state index contributed by atoms with van der Waals surface area (Å²) in [5.41, 5.74) is 2.20. The predicted octanol–water partition coefficient (Wildman–Crippen LogP) is 7.05. The molecule has 158 valence electrons. The number of hydrogen-bond donors (Lipinski definition) is 1. The molecule has 0 unspecified atom stereocenters. The van der Waals surface area contributed by atoms with Gasteiger partial charge in [0.05, 0.1) is 16.7 Å². The monoisotopic (exact) mass is 467 g/mol. The van der Waals surface area contributed by atoms with Crippen molar-refractivity contribution >= 4 is 34.8 Å². The summed E-state index contributed by atoms with van der Waals surface area (Å²) in [5, 5.41) is 4.73. The van der Waals surface area contributed by atoms with Gasteiger partial charge in [-0.25, -0.2) is 4.39 Å². The lowest BCUT2D eigenvalue weighted by molar-refractivity contribution is 0.266. The minimum absolute atomic E-state index is 0.0601. The molecule has 0 saturated carbocycles. The molecule has 0 heterocycles. The molecule has 0 atom stereocenters. The van der Waals surface area contributed by atoms with Crippen LogP contribution in [-0.2, 0) is 19.7 Å². The zero-order valence-corrected chi connectivity index (χ0v) is 18.6. The van der Waals surface area contributed by atoms with E-state index in [1.54, 1.807) is 18.2 Å². The average Bonchev–Trinajstić information content (AvgIpc) is 2.71. The fraction of sp³-hybridized carbons (Fsp3) is 0.217. The first-order chi connectivity index (χ1) is 14.5. The highest BCUT2D eigenvalue weighted by atomic mass is 35.5. The Morgan fingerprint density at radius 3 is 2.37 bits per heavy atom. The van der Waals surface area contributed by atoms with E-state index in [9.17, 15) is 4.39 Å². The van der Waals surface area contributed by atoms with Gasteiger partial charge in [-0.2, -0.15) is 0 Å². The van der Waals surface area contributed by atoms with Gasteiger partial charge in [-0.05, 0) is 48.4 Å². The largest absolute Gasteiger partial charge is 0.490 e. The summed E-state index contributed by atoms with van der Waals surface area (Å²) in [6, 6.07) is 15.8. The van der Waals surface area contributed by atoms with Crippen molar-refractivity contribution in [3.05, 3.63) is 92.2 Å². The third-order valence-corrected chi connectivity index (χ3v) is 5.40. The zero-order valence-electron chi connectivity index (χ0n) is 16.4. The van der Waals surface area contributed by atoms with E-state index in [1.807, 2.05) is 37.3 Å². The Hall–Kier alpha value is -1.98. The molecule has 0 bridgehead atoms. The molecule has 3 aromatic carbocycles. The van der Waals surface area contributed by atoms with Gasteiger partial charge in [-0.15, -0.1) is 0 Å². The molecule has 3 nitrogen and oxygen atoms in total. The Morgan fingerprint density at radius 1 is 0.867 bits per heavy atom. The molecule has 0 fully saturated rings. The first kappa shape index (κ1) is 22.7. The molecule has 0 saturated heterocycles. The third-order valence-electron chi connectivity index (χ3n) is 4.39. The Morgan fingerprint density at radius 2 is 1.63 bits per heavy atom. The number of rotatable bonds is 9. The van der Waals surface area contributed by atoms with Crippen molar-refractivity contribution in [2.75, 3.05) is 6.61 Å². The normalized spacial score (nSPS) is 10.8. The first-order valence-corrected chi connectivity index (χ1v) is 10.6. The van der Waals surface area contributed by atoms with Gasteiger partial charge in [0, 0.05) is 23.7 Å². The molecule has 1 N–H and O–H groups in total. The van der Waals surface area contributed by atoms with Gasteiger partial charge in [0.2, 0.25) is 0 Å². The molecule has 0 aromatic heterocycles. The van der Waals surface area contributed by atoms with Gasteiger partial charge in [0.15, 0.2) is 11.5 Å². The molecule has 7 heteroatoms. The van der Waals surface area contributed by atoms with E-state index in [4.69, 9.17) is 44.3 Å².